The fourth-order valence-electron chi connectivity index (χ4n) is 3.22. The third-order valence-corrected chi connectivity index (χ3v) is 6.04. The van der Waals surface area contributed by atoms with Crippen molar-refractivity contribution in [1.29, 1.82) is 0 Å². The summed E-state index contributed by atoms with van der Waals surface area (Å²) in [5, 5.41) is 4.19. The van der Waals surface area contributed by atoms with Gasteiger partial charge in [0.2, 0.25) is 5.91 Å². The number of nitrogens with zero attached hydrogens (tertiary/aromatic N) is 2. The Morgan fingerprint density at radius 2 is 1.94 bits per heavy atom. The Morgan fingerprint density at radius 3 is 2.72 bits per heavy atom. The standard InChI is InChI=1S/C24H20ClN3O3S/c1-15-10-11-21(19(25)12-15)26-22(29)14-32-24-27-20-9-4-3-8-18(20)23(30)28(24)16-6-5-7-17(13-16)31-2/h3-13H,14H2,1-2H3,(H,26,29). The number of methoxy groups -OCH3 is 1. The van der Waals surface area contributed by atoms with E-state index in [1.165, 1.54) is 16.3 Å². The van der Waals surface area contributed by atoms with Crippen LogP contribution in [0.2, 0.25) is 5.02 Å². The first kappa shape index (κ1) is 21.9. The van der Waals surface area contributed by atoms with Gasteiger partial charge in [0.1, 0.15) is 5.75 Å². The quantitative estimate of drug-likeness (QED) is 0.317. The molecule has 0 aliphatic rings. The van der Waals surface area contributed by atoms with E-state index in [4.69, 9.17) is 16.3 Å². The van der Waals surface area contributed by atoms with Crippen LogP contribution in [0.25, 0.3) is 16.6 Å². The molecule has 0 aliphatic heterocycles. The van der Waals surface area contributed by atoms with Crippen molar-refractivity contribution in [2.75, 3.05) is 18.2 Å². The number of para-hydroxylation sites is 1. The van der Waals surface area contributed by atoms with Gasteiger partial charge in [0.15, 0.2) is 5.16 Å². The molecule has 0 radical (unpaired) electrons. The van der Waals surface area contributed by atoms with Gasteiger partial charge in [-0.25, -0.2) is 4.98 Å². The lowest BCUT2D eigenvalue weighted by Crippen LogP contribution is -2.23. The van der Waals surface area contributed by atoms with E-state index in [0.29, 0.717) is 38.2 Å². The number of aryl methyl sites for hydroxylation is 1. The maximum atomic E-state index is 13.3. The van der Waals surface area contributed by atoms with Crippen molar-refractivity contribution < 1.29 is 9.53 Å². The van der Waals surface area contributed by atoms with Crippen molar-refractivity contribution in [3.05, 3.63) is 87.7 Å². The Balaban J connectivity index is 1.68. The van der Waals surface area contributed by atoms with Crippen molar-refractivity contribution in [1.82, 2.24) is 9.55 Å². The molecule has 0 spiro atoms. The molecule has 32 heavy (non-hydrogen) atoms. The summed E-state index contributed by atoms with van der Waals surface area (Å²) in [6, 6.07) is 19.7. The Morgan fingerprint density at radius 1 is 1.12 bits per heavy atom. The number of fused-ring (bicyclic) bond motifs is 1. The van der Waals surface area contributed by atoms with Crippen LogP contribution in [0, 0.1) is 6.92 Å². The summed E-state index contributed by atoms with van der Waals surface area (Å²) >= 11 is 7.40. The minimum atomic E-state index is -0.250. The first-order valence-corrected chi connectivity index (χ1v) is 11.2. The van der Waals surface area contributed by atoms with E-state index in [1.807, 2.05) is 19.1 Å². The lowest BCUT2D eigenvalue weighted by atomic mass is 10.2. The zero-order valence-corrected chi connectivity index (χ0v) is 19.0. The first-order chi connectivity index (χ1) is 15.5. The number of halogens is 1. The van der Waals surface area contributed by atoms with Gasteiger partial charge in [-0.15, -0.1) is 0 Å². The van der Waals surface area contributed by atoms with Gasteiger partial charge in [-0.3, -0.25) is 14.2 Å². The van der Waals surface area contributed by atoms with Gasteiger partial charge < -0.3 is 10.1 Å². The van der Waals surface area contributed by atoms with Crippen LogP contribution in [0.5, 0.6) is 5.75 Å². The maximum Gasteiger partial charge on any atom is 0.266 e. The van der Waals surface area contributed by atoms with Crippen molar-refractivity contribution in [3.8, 4) is 11.4 Å². The molecule has 0 saturated heterocycles. The van der Waals surface area contributed by atoms with Crippen molar-refractivity contribution >= 4 is 45.9 Å². The lowest BCUT2D eigenvalue weighted by molar-refractivity contribution is -0.113. The fourth-order valence-corrected chi connectivity index (χ4v) is 4.32. The second-order valence-electron chi connectivity index (χ2n) is 7.07. The molecular formula is C24H20ClN3O3S. The topological polar surface area (TPSA) is 73.2 Å². The van der Waals surface area contributed by atoms with Gasteiger partial charge in [-0.1, -0.05) is 47.6 Å². The summed E-state index contributed by atoms with van der Waals surface area (Å²) in [5.41, 5.74) is 2.51. The number of amides is 1. The predicted octanol–water partition coefficient (Wildman–Crippen LogP) is 5.09. The average Bonchev–Trinajstić information content (AvgIpc) is 2.79. The van der Waals surface area contributed by atoms with E-state index in [0.717, 1.165) is 5.56 Å². The number of aromatic nitrogens is 2. The molecule has 0 unspecified atom stereocenters. The average molecular weight is 466 g/mol. The number of carbonyl (C=O) groups excluding carboxylic acids is 1. The van der Waals surface area contributed by atoms with Crippen LogP contribution in [-0.2, 0) is 4.79 Å². The summed E-state index contributed by atoms with van der Waals surface area (Å²) in [7, 11) is 1.57. The number of thioether (sulfide) groups is 1. The number of nitrogens with one attached hydrogen (secondary N) is 1. The number of ether oxygens (including phenoxy) is 1. The number of rotatable bonds is 6. The van der Waals surface area contributed by atoms with Gasteiger partial charge in [-0.05, 0) is 48.9 Å². The van der Waals surface area contributed by atoms with E-state index in [1.54, 1.807) is 61.7 Å². The van der Waals surface area contributed by atoms with Crippen LogP contribution in [0.1, 0.15) is 5.56 Å². The third-order valence-electron chi connectivity index (χ3n) is 4.79. The van der Waals surface area contributed by atoms with Crippen LogP contribution >= 0.6 is 23.4 Å². The zero-order valence-electron chi connectivity index (χ0n) is 17.5. The van der Waals surface area contributed by atoms with Gasteiger partial charge in [-0.2, -0.15) is 0 Å². The molecule has 6 nitrogen and oxygen atoms in total. The van der Waals surface area contributed by atoms with E-state index in [-0.39, 0.29) is 17.2 Å². The molecule has 4 rings (SSSR count). The first-order valence-electron chi connectivity index (χ1n) is 9.81. The molecule has 1 amide bonds. The summed E-state index contributed by atoms with van der Waals surface area (Å²) in [4.78, 5) is 30.6. The fraction of sp³-hybridized carbons (Fsp3) is 0.125. The molecule has 0 bridgehead atoms. The van der Waals surface area contributed by atoms with Crippen molar-refractivity contribution in [2.24, 2.45) is 0 Å². The molecule has 3 aromatic carbocycles. The van der Waals surface area contributed by atoms with Crippen LogP contribution in [0.3, 0.4) is 0 Å². The van der Waals surface area contributed by atoms with Gasteiger partial charge in [0.05, 0.1) is 40.2 Å². The molecule has 0 fully saturated rings. The van der Waals surface area contributed by atoms with Gasteiger partial charge >= 0.3 is 0 Å². The van der Waals surface area contributed by atoms with Crippen LogP contribution < -0.4 is 15.6 Å². The molecular weight excluding hydrogens is 446 g/mol. The van der Waals surface area contributed by atoms with Crippen molar-refractivity contribution in [2.45, 2.75) is 12.1 Å². The highest BCUT2D eigenvalue weighted by Gasteiger charge is 2.16. The van der Waals surface area contributed by atoms with E-state index in [2.05, 4.69) is 10.3 Å². The largest absolute Gasteiger partial charge is 0.497 e. The number of hydrogen-bond donors (Lipinski definition) is 1. The van der Waals surface area contributed by atoms with Gasteiger partial charge in [0.25, 0.3) is 5.56 Å². The molecule has 1 aromatic heterocycles. The second kappa shape index (κ2) is 9.46. The maximum absolute atomic E-state index is 13.3. The monoisotopic (exact) mass is 465 g/mol. The summed E-state index contributed by atoms with van der Waals surface area (Å²) in [6.45, 7) is 1.93. The smallest absolute Gasteiger partial charge is 0.266 e. The zero-order chi connectivity index (χ0) is 22.7. The highest BCUT2D eigenvalue weighted by Crippen LogP contribution is 2.25. The van der Waals surface area contributed by atoms with E-state index in [9.17, 15) is 9.59 Å². The molecule has 0 aliphatic carbocycles. The highest BCUT2D eigenvalue weighted by atomic mass is 35.5. The second-order valence-corrected chi connectivity index (χ2v) is 8.42. The molecule has 4 aromatic rings. The molecule has 1 N–H and O–H groups in total. The summed E-state index contributed by atoms with van der Waals surface area (Å²) in [6.07, 6.45) is 0. The third kappa shape index (κ3) is 4.64. The molecule has 8 heteroatoms. The molecule has 1 heterocycles. The lowest BCUT2D eigenvalue weighted by Gasteiger charge is -2.14. The van der Waals surface area contributed by atoms with E-state index < -0.39 is 0 Å². The Bertz CT molecular complexity index is 1370. The molecule has 0 saturated carbocycles. The van der Waals surface area contributed by atoms with Crippen LogP contribution in [0.4, 0.5) is 5.69 Å². The number of anilines is 1. The Hall–Kier alpha value is -3.29. The van der Waals surface area contributed by atoms with Crippen molar-refractivity contribution in [3.63, 3.8) is 0 Å². The van der Waals surface area contributed by atoms with Crippen LogP contribution in [0.15, 0.2) is 76.7 Å². The summed E-state index contributed by atoms with van der Waals surface area (Å²) < 4.78 is 6.81. The Labute approximate surface area is 194 Å². The van der Waals surface area contributed by atoms with Crippen LogP contribution in [-0.4, -0.2) is 28.3 Å². The minimum absolute atomic E-state index is 0.0545. The van der Waals surface area contributed by atoms with E-state index >= 15 is 0 Å². The molecule has 162 valence electrons. The number of hydrogen-bond acceptors (Lipinski definition) is 5. The highest BCUT2D eigenvalue weighted by molar-refractivity contribution is 7.99. The number of carbonyl (C=O) groups is 1. The minimum Gasteiger partial charge on any atom is -0.497 e. The Kier molecular flexibility index (Phi) is 6.48. The van der Waals surface area contributed by atoms with Gasteiger partial charge in [0, 0.05) is 6.07 Å². The predicted molar refractivity (Wildman–Crippen MR) is 129 cm³/mol. The SMILES string of the molecule is COc1cccc(-n2c(SCC(=O)Nc3ccc(C)cc3Cl)nc3ccccc3c2=O)c1. The molecule has 0 atom stereocenters. The summed E-state index contributed by atoms with van der Waals surface area (Å²) in [5.74, 6) is 0.421. The normalized spacial score (nSPS) is 10.8. The number of benzene rings is 3.